The standard InChI is InChI=1S/C25H24FN5O4/c1-33-19-10-9-18(12-20(19)34-2)29-24(32)16-4-3-11-31(13-16)23-21-22(15-5-7-17(26)8-6-15)30-35-25(21)28-14-27-23/h5-10,12,14,16H,3-4,11,13H2,1-2H3,(H,29,32)/t16-/m1/s1. The Morgan fingerprint density at radius 3 is 2.69 bits per heavy atom. The van der Waals surface area contributed by atoms with E-state index in [2.05, 4.69) is 25.3 Å². The van der Waals surface area contributed by atoms with Gasteiger partial charge in [0.15, 0.2) is 11.5 Å². The summed E-state index contributed by atoms with van der Waals surface area (Å²) in [6, 6.07) is 11.3. The van der Waals surface area contributed by atoms with E-state index in [1.165, 1.54) is 18.5 Å². The molecule has 1 fully saturated rings. The van der Waals surface area contributed by atoms with Gasteiger partial charge in [0.05, 0.1) is 20.1 Å². The number of anilines is 2. The lowest BCUT2D eigenvalue weighted by Crippen LogP contribution is -2.41. The van der Waals surface area contributed by atoms with Gasteiger partial charge in [0.1, 0.15) is 29.0 Å². The van der Waals surface area contributed by atoms with Gasteiger partial charge in [-0.05, 0) is 49.2 Å². The lowest BCUT2D eigenvalue weighted by Gasteiger charge is -2.33. The van der Waals surface area contributed by atoms with Crippen molar-refractivity contribution in [1.82, 2.24) is 15.1 Å². The highest BCUT2D eigenvalue weighted by atomic mass is 19.1. The Hall–Kier alpha value is -4.21. The number of hydrogen-bond donors (Lipinski definition) is 1. The summed E-state index contributed by atoms with van der Waals surface area (Å²) in [5.74, 6) is 1.09. The molecule has 0 radical (unpaired) electrons. The number of fused-ring (bicyclic) bond motifs is 1. The molecule has 0 unspecified atom stereocenters. The second-order valence-corrected chi connectivity index (χ2v) is 8.26. The van der Waals surface area contributed by atoms with Crippen LogP contribution in [0.4, 0.5) is 15.9 Å². The Kier molecular flexibility index (Phi) is 6.17. The third-order valence-corrected chi connectivity index (χ3v) is 6.11. The number of benzene rings is 2. The minimum Gasteiger partial charge on any atom is -0.493 e. The number of halogens is 1. The number of rotatable bonds is 6. The second kappa shape index (κ2) is 9.57. The maximum atomic E-state index is 13.4. The molecule has 1 aliphatic rings. The number of piperidine rings is 1. The SMILES string of the molecule is COc1ccc(NC(=O)[C@@H]2CCCN(c3ncnc4onc(-c5ccc(F)cc5)c34)C2)cc1OC. The molecule has 1 N–H and O–H groups in total. The first kappa shape index (κ1) is 22.6. The summed E-state index contributed by atoms with van der Waals surface area (Å²) in [4.78, 5) is 23.9. The Morgan fingerprint density at radius 2 is 1.91 bits per heavy atom. The average molecular weight is 477 g/mol. The number of carbonyl (C=O) groups excluding carboxylic acids is 1. The molecule has 5 rings (SSSR count). The summed E-state index contributed by atoms with van der Waals surface area (Å²) in [6.07, 6.45) is 2.98. The summed E-state index contributed by atoms with van der Waals surface area (Å²) in [7, 11) is 3.11. The van der Waals surface area contributed by atoms with Gasteiger partial charge >= 0.3 is 0 Å². The number of aromatic nitrogens is 3. The van der Waals surface area contributed by atoms with E-state index in [0.29, 0.717) is 51.9 Å². The highest BCUT2D eigenvalue weighted by molar-refractivity contribution is 5.98. The van der Waals surface area contributed by atoms with Crippen molar-refractivity contribution in [3.05, 3.63) is 54.6 Å². The zero-order valence-corrected chi connectivity index (χ0v) is 19.3. The zero-order chi connectivity index (χ0) is 24.4. The fourth-order valence-electron chi connectivity index (χ4n) is 4.36. The Labute approximate surface area is 200 Å². The average Bonchev–Trinajstić information content (AvgIpc) is 3.33. The van der Waals surface area contributed by atoms with Crippen LogP contribution in [0.5, 0.6) is 11.5 Å². The van der Waals surface area contributed by atoms with Crippen LogP contribution in [0.1, 0.15) is 12.8 Å². The molecular formula is C25H24FN5O4. The van der Waals surface area contributed by atoms with Crippen LogP contribution >= 0.6 is 0 Å². The van der Waals surface area contributed by atoms with Crippen LogP contribution in [0.2, 0.25) is 0 Å². The molecule has 1 amide bonds. The van der Waals surface area contributed by atoms with Crippen molar-refractivity contribution < 1.29 is 23.2 Å². The van der Waals surface area contributed by atoms with E-state index in [-0.39, 0.29) is 17.6 Å². The predicted octanol–water partition coefficient (Wildman–Crippen LogP) is 4.30. The maximum absolute atomic E-state index is 13.4. The Balaban J connectivity index is 1.39. The van der Waals surface area contributed by atoms with Gasteiger partial charge in [-0.2, -0.15) is 4.98 Å². The van der Waals surface area contributed by atoms with E-state index in [4.69, 9.17) is 14.0 Å². The number of carbonyl (C=O) groups is 1. The molecule has 35 heavy (non-hydrogen) atoms. The van der Waals surface area contributed by atoms with Crippen LogP contribution in [-0.4, -0.2) is 48.3 Å². The molecule has 0 spiro atoms. The van der Waals surface area contributed by atoms with Crippen LogP contribution in [-0.2, 0) is 4.79 Å². The van der Waals surface area contributed by atoms with Crippen LogP contribution in [0.15, 0.2) is 53.3 Å². The topological polar surface area (TPSA) is 103 Å². The van der Waals surface area contributed by atoms with Crippen molar-refractivity contribution in [2.24, 2.45) is 5.92 Å². The summed E-state index contributed by atoms with van der Waals surface area (Å²) in [6.45, 7) is 1.19. The van der Waals surface area contributed by atoms with Gasteiger partial charge in [-0.15, -0.1) is 0 Å². The van der Waals surface area contributed by atoms with Gasteiger partial charge in [0.2, 0.25) is 5.91 Å². The van der Waals surface area contributed by atoms with Gasteiger partial charge in [-0.25, -0.2) is 9.37 Å². The lowest BCUT2D eigenvalue weighted by molar-refractivity contribution is -0.120. The van der Waals surface area contributed by atoms with E-state index in [1.54, 1.807) is 44.6 Å². The van der Waals surface area contributed by atoms with E-state index < -0.39 is 0 Å². The molecule has 0 bridgehead atoms. The van der Waals surface area contributed by atoms with E-state index >= 15 is 0 Å². The molecule has 1 saturated heterocycles. The fourth-order valence-corrected chi connectivity index (χ4v) is 4.36. The lowest BCUT2D eigenvalue weighted by atomic mass is 9.96. The summed E-state index contributed by atoms with van der Waals surface area (Å²) in [5, 5.41) is 7.79. The molecule has 9 nitrogen and oxygen atoms in total. The molecule has 10 heteroatoms. The van der Waals surface area contributed by atoms with Crippen molar-refractivity contribution in [2.75, 3.05) is 37.5 Å². The van der Waals surface area contributed by atoms with Crippen molar-refractivity contribution in [1.29, 1.82) is 0 Å². The van der Waals surface area contributed by atoms with Crippen LogP contribution in [0.25, 0.3) is 22.4 Å². The third-order valence-electron chi connectivity index (χ3n) is 6.11. The van der Waals surface area contributed by atoms with Gasteiger partial charge < -0.3 is 24.2 Å². The number of nitrogens with one attached hydrogen (secondary N) is 1. The molecule has 2 aromatic heterocycles. The molecule has 180 valence electrons. The van der Waals surface area contributed by atoms with Gasteiger partial charge in [-0.3, -0.25) is 4.79 Å². The highest BCUT2D eigenvalue weighted by Gasteiger charge is 2.29. The number of methoxy groups -OCH3 is 2. The molecule has 1 atom stereocenters. The van der Waals surface area contributed by atoms with Crippen LogP contribution in [0, 0.1) is 11.7 Å². The van der Waals surface area contributed by atoms with Crippen LogP contribution in [0.3, 0.4) is 0 Å². The summed E-state index contributed by atoms with van der Waals surface area (Å²) in [5.41, 5.74) is 2.20. The van der Waals surface area contributed by atoms with E-state index in [0.717, 1.165) is 19.4 Å². The van der Waals surface area contributed by atoms with Crippen molar-refractivity contribution in [2.45, 2.75) is 12.8 Å². The first-order chi connectivity index (χ1) is 17.1. The zero-order valence-electron chi connectivity index (χ0n) is 19.3. The molecule has 3 heterocycles. The second-order valence-electron chi connectivity index (χ2n) is 8.26. The molecular weight excluding hydrogens is 453 g/mol. The molecule has 4 aromatic rings. The first-order valence-corrected chi connectivity index (χ1v) is 11.2. The first-order valence-electron chi connectivity index (χ1n) is 11.2. The van der Waals surface area contributed by atoms with Gasteiger partial charge in [-0.1, -0.05) is 5.16 Å². The third kappa shape index (κ3) is 4.46. The number of ether oxygens (including phenoxy) is 2. The van der Waals surface area contributed by atoms with Gasteiger partial charge in [0.25, 0.3) is 5.71 Å². The minimum atomic E-state index is -0.336. The number of amides is 1. The van der Waals surface area contributed by atoms with E-state index in [1.807, 2.05) is 0 Å². The van der Waals surface area contributed by atoms with E-state index in [9.17, 15) is 9.18 Å². The highest BCUT2D eigenvalue weighted by Crippen LogP contribution is 2.35. The van der Waals surface area contributed by atoms with Crippen molar-refractivity contribution in [3.63, 3.8) is 0 Å². The van der Waals surface area contributed by atoms with Crippen molar-refractivity contribution >= 4 is 28.5 Å². The minimum absolute atomic E-state index is 0.0868. The summed E-state index contributed by atoms with van der Waals surface area (Å²) < 4.78 is 29.5. The molecule has 2 aromatic carbocycles. The summed E-state index contributed by atoms with van der Waals surface area (Å²) >= 11 is 0. The maximum Gasteiger partial charge on any atom is 0.263 e. The monoisotopic (exact) mass is 477 g/mol. The fraction of sp³-hybridized carbons (Fsp3) is 0.280. The Morgan fingerprint density at radius 1 is 1.11 bits per heavy atom. The molecule has 0 aliphatic carbocycles. The number of hydrogen-bond acceptors (Lipinski definition) is 8. The predicted molar refractivity (Wildman–Crippen MR) is 128 cm³/mol. The smallest absolute Gasteiger partial charge is 0.263 e. The molecule has 1 aliphatic heterocycles. The molecule has 0 saturated carbocycles. The largest absolute Gasteiger partial charge is 0.493 e. The van der Waals surface area contributed by atoms with Crippen LogP contribution < -0.4 is 19.7 Å². The normalized spacial score (nSPS) is 15.7. The van der Waals surface area contributed by atoms with Crippen molar-refractivity contribution in [3.8, 4) is 22.8 Å². The number of nitrogens with zero attached hydrogens (tertiary/aromatic N) is 4. The van der Waals surface area contributed by atoms with Gasteiger partial charge in [0, 0.05) is 30.4 Å². The quantitative estimate of drug-likeness (QED) is 0.439. The Bertz CT molecular complexity index is 1360.